The van der Waals surface area contributed by atoms with E-state index in [1.807, 2.05) is 36.4 Å². The number of nitrogens with two attached hydrogens (primary N) is 1. The van der Waals surface area contributed by atoms with Crippen LogP contribution >= 0.6 is 0 Å². The van der Waals surface area contributed by atoms with Gasteiger partial charge in [0, 0.05) is 5.69 Å². The second kappa shape index (κ2) is 4.53. The van der Waals surface area contributed by atoms with Gasteiger partial charge in [-0.15, -0.1) is 0 Å². The largest absolute Gasteiger partial charge is 0.369 e. The molecule has 1 unspecified atom stereocenters. The number of rotatable bonds is 2. The topological polar surface area (TPSA) is 41.6 Å². The predicted molar refractivity (Wildman–Crippen MR) is 74.6 cm³/mol. The van der Waals surface area contributed by atoms with Crippen molar-refractivity contribution in [3.05, 3.63) is 66.2 Å². The minimum Gasteiger partial charge on any atom is -0.369 e. The van der Waals surface area contributed by atoms with Crippen LogP contribution in [0.15, 0.2) is 65.7 Å². The molecule has 0 amide bonds. The molecule has 1 heterocycles. The molecule has 2 N–H and O–H groups in total. The number of nitrogens with zero attached hydrogens (tertiary/aromatic N) is 2. The Kier molecular flexibility index (Phi) is 2.73. The van der Waals surface area contributed by atoms with Crippen LogP contribution in [-0.4, -0.2) is 12.5 Å². The second-order valence-corrected chi connectivity index (χ2v) is 4.36. The average Bonchev–Trinajstić information content (AvgIpc) is 2.83. The Hall–Kier alpha value is -2.29. The first-order valence-corrected chi connectivity index (χ1v) is 6.05. The Morgan fingerprint density at radius 1 is 0.944 bits per heavy atom. The summed E-state index contributed by atoms with van der Waals surface area (Å²) >= 11 is 0. The van der Waals surface area contributed by atoms with Gasteiger partial charge in [0.15, 0.2) is 5.96 Å². The Bertz CT molecular complexity index is 548. The van der Waals surface area contributed by atoms with Gasteiger partial charge in [0.25, 0.3) is 0 Å². The number of hydrogen-bond donors (Lipinski definition) is 1. The number of benzene rings is 2. The third-order valence-electron chi connectivity index (χ3n) is 3.17. The Labute approximate surface area is 107 Å². The Morgan fingerprint density at radius 3 is 2.22 bits per heavy atom. The third kappa shape index (κ3) is 1.95. The van der Waals surface area contributed by atoms with Crippen LogP contribution in [0.3, 0.4) is 0 Å². The maximum absolute atomic E-state index is 6.01. The molecule has 0 spiro atoms. The molecule has 3 rings (SSSR count). The lowest BCUT2D eigenvalue weighted by Gasteiger charge is -2.18. The predicted octanol–water partition coefficient (Wildman–Crippen LogP) is 2.56. The van der Waals surface area contributed by atoms with Gasteiger partial charge >= 0.3 is 0 Å². The standard InChI is InChI=1S/C15H15N3/c16-15-17-14(12-7-3-1-4-8-12)11-18(15)13-9-5-2-6-10-13/h1-10,14H,11H2,(H2,16,17). The van der Waals surface area contributed by atoms with E-state index in [-0.39, 0.29) is 6.04 Å². The summed E-state index contributed by atoms with van der Waals surface area (Å²) < 4.78 is 0. The quantitative estimate of drug-likeness (QED) is 0.872. The van der Waals surface area contributed by atoms with Gasteiger partial charge < -0.3 is 10.6 Å². The fraction of sp³-hybridized carbons (Fsp3) is 0.133. The highest BCUT2D eigenvalue weighted by Crippen LogP contribution is 2.27. The van der Waals surface area contributed by atoms with Crippen molar-refractivity contribution < 1.29 is 0 Å². The van der Waals surface area contributed by atoms with Gasteiger partial charge in [-0.3, -0.25) is 0 Å². The SMILES string of the molecule is NC1=NC(c2ccccc2)CN1c1ccccc1. The zero-order valence-corrected chi connectivity index (χ0v) is 10.0. The molecular formula is C15H15N3. The third-order valence-corrected chi connectivity index (χ3v) is 3.17. The zero-order chi connectivity index (χ0) is 12.4. The van der Waals surface area contributed by atoms with E-state index in [1.54, 1.807) is 0 Å². The van der Waals surface area contributed by atoms with Crippen LogP contribution in [-0.2, 0) is 0 Å². The summed E-state index contributed by atoms with van der Waals surface area (Å²) in [6.45, 7) is 0.805. The van der Waals surface area contributed by atoms with E-state index in [2.05, 4.69) is 34.2 Å². The first kappa shape index (κ1) is 10.8. The molecule has 3 heteroatoms. The molecule has 0 saturated heterocycles. The molecule has 1 aliphatic rings. The fourth-order valence-electron chi connectivity index (χ4n) is 2.24. The minimum atomic E-state index is 0.131. The summed E-state index contributed by atoms with van der Waals surface area (Å²) in [6, 6.07) is 20.5. The summed E-state index contributed by atoms with van der Waals surface area (Å²) in [5, 5.41) is 0. The van der Waals surface area contributed by atoms with Crippen molar-refractivity contribution in [2.24, 2.45) is 10.7 Å². The van der Waals surface area contributed by atoms with E-state index in [9.17, 15) is 0 Å². The van der Waals surface area contributed by atoms with E-state index >= 15 is 0 Å². The lowest BCUT2D eigenvalue weighted by Crippen LogP contribution is -2.33. The zero-order valence-electron chi connectivity index (χ0n) is 10.0. The van der Waals surface area contributed by atoms with Crippen molar-refractivity contribution in [2.45, 2.75) is 6.04 Å². The highest BCUT2D eigenvalue weighted by Gasteiger charge is 2.25. The van der Waals surface area contributed by atoms with E-state index in [4.69, 9.17) is 5.73 Å². The van der Waals surface area contributed by atoms with Crippen LogP contribution in [0.2, 0.25) is 0 Å². The molecule has 1 atom stereocenters. The molecule has 0 bridgehead atoms. The monoisotopic (exact) mass is 237 g/mol. The van der Waals surface area contributed by atoms with Crippen molar-refractivity contribution in [1.29, 1.82) is 0 Å². The Morgan fingerprint density at radius 2 is 1.56 bits per heavy atom. The first-order chi connectivity index (χ1) is 8.84. The highest BCUT2D eigenvalue weighted by atomic mass is 15.3. The van der Waals surface area contributed by atoms with E-state index < -0.39 is 0 Å². The van der Waals surface area contributed by atoms with Gasteiger partial charge in [-0.05, 0) is 17.7 Å². The smallest absolute Gasteiger partial charge is 0.196 e. The van der Waals surface area contributed by atoms with Crippen LogP contribution in [0.1, 0.15) is 11.6 Å². The molecule has 0 saturated carbocycles. The van der Waals surface area contributed by atoms with Crippen LogP contribution in [0, 0.1) is 0 Å². The van der Waals surface area contributed by atoms with Crippen molar-refractivity contribution in [2.75, 3.05) is 11.4 Å². The molecule has 0 fully saturated rings. The number of para-hydroxylation sites is 1. The molecule has 0 aromatic heterocycles. The molecule has 2 aromatic rings. The lowest BCUT2D eigenvalue weighted by molar-refractivity contribution is 0.780. The molecule has 1 aliphatic heterocycles. The van der Waals surface area contributed by atoms with Gasteiger partial charge in [0.05, 0.1) is 12.6 Å². The van der Waals surface area contributed by atoms with Crippen LogP contribution < -0.4 is 10.6 Å². The van der Waals surface area contributed by atoms with Crippen molar-refractivity contribution >= 4 is 11.6 Å². The first-order valence-electron chi connectivity index (χ1n) is 6.05. The highest BCUT2D eigenvalue weighted by molar-refractivity contribution is 5.96. The Balaban J connectivity index is 1.86. The summed E-state index contributed by atoms with van der Waals surface area (Å²) in [6.07, 6.45) is 0. The molecular weight excluding hydrogens is 222 g/mol. The van der Waals surface area contributed by atoms with Crippen molar-refractivity contribution in [1.82, 2.24) is 0 Å². The van der Waals surface area contributed by atoms with Crippen LogP contribution in [0.4, 0.5) is 5.69 Å². The van der Waals surface area contributed by atoms with Gasteiger partial charge in [-0.2, -0.15) is 0 Å². The normalized spacial score (nSPS) is 18.8. The number of aliphatic imine (C=N–C) groups is 1. The summed E-state index contributed by atoms with van der Waals surface area (Å²) in [4.78, 5) is 6.59. The van der Waals surface area contributed by atoms with E-state index in [0.29, 0.717) is 5.96 Å². The van der Waals surface area contributed by atoms with Crippen molar-refractivity contribution in [3.63, 3.8) is 0 Å². The average molecular weight is 237 g/mol. The van der Waals surface area contributed by atoms with Gasteiger partial charge in [0.2, 0.25) is 0 Å². The summed E-state index contributed by atoms with van der Waals surface area (Å²) in [7, 11) is 0. The maximum Gasteiger partial charge on any atom is 0.196 e. The maximum atomic E-state index is 6.01. The van der Waals surface area contributed by atoms with Gasteiger partial charge in [0.1, 0.15) is 0 Å². The summed E-state index contributed by atoms with van der Waals surface area (Å²) in [5.74, 6) is 0.593. The van der Waals surface area contributed by atoms with E-state index in [1.165, 1.54) is 5.56 Å². The number of hydrogen-bond acceptors (Lipinski definition) is 3. The molecule has 18 heavy (non-hydrogen) atoms. The molecule has 3 nitrogen and oxygen atoms in total. The number of anilines is 1. The lowest BCUT2D eigenvalue weighted by atomic mass is 10.1. The second-order valence-electron chi connectivity index (χ2n) is 4.36. The van der Waals surface area contributed by atoms with Gasteiger partial charge in [-0.25, -0.2) is 4.99 Å². The molecule has 90 valence electrons. The number of guanidine groups is 1. The summed E-state index contributed by atoms with van der Waals surface area (Å²) in [5.41, 5.74) is 8.32. The van der Waals surface area contributed by atoms with E-state index in [0.717, 1.165) is 12.2 Å². The van der Waals surface area contributed by atoms with Crippen LogP contribution in [0.25, 0.3) is 0 Å². The van der Waals surface area contributed by atoms with Crippen molar-refractivity contribution in [3.8, 4) is 0 Å². The minimum absolute atomic E-state index is 0.131. The molecule has 0 aliphatic carbocycles. The van der Waals surface area contributed by atoms with Gasteiger partial charge in [-0.1, -0.05) is 48.5 Å². The molecule has 0 radical (unpaired) electrons. The van der Waals surface area contributed by atoms with Crippen LogP contribution in [0.5, 0.6) is 0 Å². The molecule has 2 aromatic carbocycles. The fourth-order valence-corrected chi connectivity index (χ4v) is 2.24.